The fraction of sp³-hybridized carbons (Fsp3) is 0.250. The second-order valence-corrected chi connectivity index (χ2v) is 5.32. The number of rotatable bonds is 8. The Bertz CT molecular complexity index is 752. The van der Waals surface area contributed by atoms with Crippen LogP contribution in [-0.2, 0) is 11.3 Å². The summed E-state index contributed by atoms with van der Waals surface area (Å²) in [5, 5.41) is 13.9. The molecule has 6 heteroatoms. The van der Waals surface area contributed by atoms with Gasteiger partial charge >= 0.3 is 6.09 Å². The highest BCUT2D eigenvalue weighted by atomic mass is 16.6. The van der Waals surface area contributed by atoms with E-state index in [2.05, 4.69) is 5.10 Å². The molecular weight excluding hydrogens is 330 g/mol. The molecule has 26 heavy (non-hydrogen) atoms. The van der Waals surface area contributed by atoms with E-state index in [9.17, 15) is 4.79 Å². The predicted molar refractivity (Wildman–Crippen MR) is 98.8 cm³/mol. The van der Waals surface area contributed by atoms with Crippen LogP contribution in [-0.4, -0.2) is 30.5 Å². The molecule has 0 saturated heterocycles. The number of hydrogen-bond donors (Lipinski definition) is 0. The van der Waals surface area contributed by atoms with Gasteiger partial charge in [0.15, 0.2) is 0 Å². The molecule has 6 nitrogen and oxygen atoms in total. The number of carbonyl (C=O) groups is 1. The quantitative estimate of drug-likeness (QED) is 0.533. The minimum Gasteiger partial charge on any atom is -0.489 e. The topological polar surface area (TPSA) is 74.9 Å². The monoisotopic (exact) mass is 351 g/mol. The van der Waals surface area contributed by atoms with Gasteiger partial charge in [0.05, 0.1) is 31.9 Å². The molecule has 0 aliphatic carbocycles. The number of carbonyl (C=O) groups excluding carboxylic acids is 1. The van der Waals surface area contributed by atoms with Crippen molar-refractivity contribution in [3.8, 4) is 11.8 Å². The molecule has 0 aromatic heterocycles. The first-order valence-corrected chi connectivity index (χ1v) is 8.35. The van der Waals surface area contributed by atoms with Gasteiger partial charge in [-0.3, -0.25) is 0 Å². The highest BCUT2D eigenvalue weighted by Gasteiger charge is 2.12. The lowest BCUT2D eigenvalue weighted by atomic mass is 10.2. The van der Waals surface area contributed by atoms with E-state index in [0.717, 1.165) is 21.9 Å². The summed E-state index contributed by atoms with van der Waals surface area (Å²) in [6.07, 6.45) is 1.17. The van der Waals surface area contributed by atoms with Crippen molar-refractivity contribution in [1.29, 1.82) is 5.26 Å². The number of benzene rings is 2. The molecule has 2 aromatic carbocycles. The Hall–Kier alpha value is -3.33. The summed E-state index contributed by atoms with van der Waals surface area (Å²) in [5.74, 6) is 0.748. The van der Waals surface area contributed by atoms with E-state index in [1.165, 1.54) is 0 Å². The van der Waals surface area contributed by atoms with E-state index in [-0.39, 0.29) is 19.6 Å². The van der Waals surface area contributed by atoms with E-state index in [1.807, 2.05) is 60.7 Å². The molecule has 0 atom stereocenters. The highest BCUT2D eigenvalue weighted by Crippen LogP contribution is 2.13. The average Bonchev–Trinajstić information content (AvgIpc) is 2.68. The summed E-state index contributed by atoms with van der Waals surface area (Å²) >= 11 is 0. The van der Waals surface area contributed by atoms with Crippen LogP contribution in [0.15, 0.2) is 59.7 Å². The molecule has 0 radical (unpaired) electrons. The second-order valence-electron chi connectivity index (χ2n) is 5.32. The maximum Gasteiger partial charge on any atom is 0.430 e. The van der Waals surface area contributed by atoms with Crippen molar-refractivity contribution in [2.75, 3.05) is 13.2 Å². The normalized spacial score (nSPS) is 10.3. The molecule has 0 heterocycles. The third-order valence-corrected chi connectivity index (χ3v) is 3.39. The predicted octanol–water partition coefficient (Wildman–Crippen LogP) is 3.97. The maximum atomic E-state index is 11.8. The van der Waals surface area contributed by atoms with Gasteiger partial charge in [-0.05, 0) is 42.3 Å². The number of nitrogens with zero attached hydrogens (tertiary/aromatic N) is 3. The third kappa shape index (κ3) is 6.29. The molecule has 0 fully saturated rings. The smallest absolute Gasteiger partial charge is 0.430 e. The van der Waals surface area contributed by atoms with Crippen molar-refractivity contribution in [1.82, 2.24) is 5.01 Å². The maximum absolute atomic E-state index is 11.8. The minimum atomic E-state index is -0.568. The van der Waals surface area contributed by atoms with Gasteiger partial charge < -0.3 is 9.47 Å². The van der Waals surface area contributed by atoms with Gasteiger partial charge in [-0.25, -0.2) is 4.79 Å². The Kier molecular flexibility index (Phi) is 7.69. The standard InChI is InChI=1S/C20H21N3O3/c1-2-25-20(24)23(14-6-13-21)22-15-17-9-11-19(12-10-17)26-16-18-7-4-3-5-8-18/h3-5,7-12,15H,2,6,14,16H2,1H3. The number of hydrogen-bond acceptors (Lipinski definition) is 5. The first-order chi connectivity index (χ1) is 12.7. The van der Waals surface area contributed by atoms with Gasteiger partial charge in [0, 0.05) is 0 Å². The van der Waals surface area contributed by atoms with Crippen molar-refractivity contribution >= 4 is 12.3 Å². The van der Waals surface area contributed by atoms with E-state index in [0.29, 0.717) is 6.61 Å². The van der Waals surface area contributed by atoms with Crippen molar-refractivity contribution in [3.63, 3.8) is 0 Å². The van der Waals surface area contributed by atoms with Crippen LogP contribution in [0, 0.1) is 11.3 Å². The van der Waals surface area contributed by atoms with Gasteiger partial charge in [0.1, 0.15) is 12.4 Å². The lowest BCUT2D eigenvalue weighted by molar-refractivity contribution is 0.109. The van der Waals surface area contributed by atoms with Gasteiger partial charge in [-0.15, -0.1) is 0 Å². The lowest BCUT2D eigenvalue weighted by Gasteiger charge is -2.14. The Morgan fingerprint density at radius 2 is 1.92 bits per heavy atom. The third-order valence-electron chi connectivity index (χ3n) is 3.39. The summed E-state index contributed by atoms with van der Waals surface area (Å²) in [5.41, 5.74) is 1.91. The molecule has 0 unspecified atom stereocenters. The van der Waals surface area contributed by atoms with Crippen molar-refractivity contribution in [2.24, 2.45) is 5.10 Å². The van der Waals surface area contributed by atoms with Crippen LogP contribution in [0.2, 0.25) is 0 Å². The second kappa shape index (κ2) is 10.5. The SMILES string of the molecule is CCOC(=O)N(CCC#N)N=Cc1ccc(OCc2ccccc2)cc1. The highest BCUT2D eigenvalue weighted by molar-refractivity contribution is 5.81. The lowest BCUT2D eigenvalue weighted by Crippen LogP contribution is -2.27. The Balaban J connectivity index is 1.94. The van der Waals surface area contributed by atoms with E-state index < -0.39 is 6.09 Å². The van der Waals surface area contributed by atoms with Crippen LogP contribution in [0.4, 0.5) is 4.79 Å². The van der Waals surface area contributed by atoms with Crippen LogP contribution in [0.1, 0.15) is 24.5 Å². The Morgan fingerprint density at radius 3 is 2.58 bits per heavy atom. The molecule has 0 saturated carbocycles. The number of ether oxygens (including phenoxy) is 2. The van der Waals surface area contributed by atoms with Gasteiger partial charge in [-0.2, -0.15) is 15.4 Å². The zero-order valence-electron chi connectivity index (χ0n) is 14.7. The molecule has 0 N–H and O–H groups in total. The molecule has 0 bridgehead atoms. The summed E-state index contributed by atoms with van der Waals surface area (Å²) in [6.45, 7) is 2.66. The number of nitriles is 1. The molecule has 2 aromatic rings. The van der Waals surface area contributed by atoms with E-state index >= 15 is 0 Å². The zero-order valence-corrected chi connectivity index (χ0v) is 14.7. The number of amides is 1. The minimum absolute atomic E-state index is 0.183. The van der Waals surface area contributed by atoms with Gasteiger partial charge in [0.2, 0.25) is 0 Å². The largest absolute Gasteiger partial charge is 0.489 e. The Morgan fingerprint density at radius 1 is 1.19 bits per heavy atom. The Labute approximate surface area is 153 Å². The van der Waals surface area contributed by atoms with Crippen LogP contribution in [0.5, 0.6) is 5.75 Å². The zero-order chi connectivity index (χ0) is 18.6. The van der Waals surface area contributed by atoms with Crippen molar-refractivity contribution < 1.29 is 14.3 Å². The summed E-state index contributed by atoms with van der Waals surface area (Å²) < 4.78 is 10.7. The van der Waals surface area contributed by atoms with Crippen molar-refractivity contribution in [2.45, 2.75) is 20.0 Å². The van der Waals surface area contributed by atoms with Crippen LogP contribution < -0.4 is 4.74 Å². The van der Waals surface area contributed by atoms with Crippen molar-refractivity contribution in [3.05, 3.63) is 65.7 Å². The van der Waals surface area contributed by atoms with E-state index in [1.54, 1.807) is 13.1 Å². The fourth-order valence-electron chi connectivity index (χ4n) is 2.08. The molecule has 2 rings (SSSR count). The molecule has 1 amide bonds. The fourth-order valence-corrected chi connectivity index (χ4v) is 2.08. The molecule has 0 spiro atoms. The summed E-state index contributed by atoms with van der Waals surface area (Å²) in [4.78, 5) is 11.8. The first-order valence-electron chi connectivity index (χ1n) is 8.35. The summed E-state index contributed by atoms with van der Waals surface area (Å²) in [7, 11) is 0. The van der Waals surface area contributed by atoms with Gasteiger partial charge in [0.25, 0.3) is 0 Å². The summed E-state index contributed by atoms with van der Waals surface area (Å²) in [6, 6.07) is 19.3. The molecule has 0 aliphatic heterocycles. The molecular formula is C20H21N3O3. The molecule has 134 valence electrons. The first kappa shape index (κ1) is 19.0. The van der Waals surface area contributed by atoms with Crippen LogP contribution in [0.3, 0.4) is 0 Å². The van der Waals surface area contributed by atoms with E-state index in [4.69, 9.17) is 14.7 Å². The van der Waals surface area contributed by atoms with Gasteiger partial charge in [-0.1, -0.05) is 30.3 Å². The van der Waals surface area contributed by atoms with Crippen LogP contribution in [0.25, 0.3) is 0 Å². The molecule has 0 aliphatic rings. The van der Waals surface area contributed by atoms with Crippen LogP contribution >= 0.6 is 0 Å². The number of hydrazone groups is 1. The average molecular weight is 351 g/mol.